The highest BCUT2D eigenvalue weighted by molar-refractivity contribution is 5.80. The Labute approximate surface area is 155 Å². The topological polar surface area (TPSA) is 24.8 Å². The van der Waals surface area contributed by atoms with Crippen LogP contribution in [-0.2, 0) is 16.9 Å². The lowest BCUT2D eigenvalue weighted by molar-refractivity contribution is -0.0140. The van der Waals surface area contributed by atoms with E-state index in [-0.39, 0.29) is 5.82 Å². The molecule has 1 heterocycles. The van der Waals surface area contributed by atoms with Crippen LogP contribution in [0, 0.1) is 5.82 Å². The number of fused-ring (bicyclic) bond motifs is 1. The second-order valence-corrected chi connectivity index (χ2v) is 7.07. The number of halogens is 1. The molecule has 0 aliphatic carbocycles. The molecule has 0 fully saturated rings. The third-order valence-corrected chi connectivity index (χ3v) is 4.91. The van der Waals surface area contributed by atoms with Crippen molar-refractivity contribution < 1.29 is 9.13 Å². The SMILES string of the molecule is CCN=Cc1ccc2c(c1)COC2(CCCN(C)C)c1ccc(F)cc1. The molecule has 0 amide bonds. The van der Waals surface area contributed by atoms with Crippen LogP contribution < -0.4 is 0 Å². The van der Waals surface area contributed by atoms with Gasteiger partial charge in [0.25, 0.3) is 0 Å². The lowest BCUT2D eigenvalue weighted by Gasteiger charge is -2.31. The van der Waals surface area contributed by atoms with Gasteiger partial charge in [0.05, 0.1) is 6.61 Å². The fourth-order valence-corrected chi connectivity index (χ4v) is 3.64. The van der Waals surface area contributed by atoms with Gasteiger partial charge in [-0.25, -0.2) is 4.39 Å². The number of benzene rings is 2. The second kappa shape index (κ2) is 8.11. The van der Waals surface area contributed by atoms with Gasteiger partial charge >= 0.3 is 0 Å². The zero-order chi connectivity index (χ0) is 18.6. The fraction of sp³-hybridized carbons (Fsp3) is 0.409. The highest BCUT2D eigenvalue weighted by atomic mass is 19.1. The number of rotatable bonds is 7. The molecule has 0 saturated heterocycles. The molecule has 0 saturated carbocycles. The zero-order valence-electron chi connectivity index (χ0n) is 15.8. The summed E-state index contributed by atoms with van der Waals surface area (Å²) >= 11 is 0. The van der Waals surface area contributed by atoms with Crippen molar-refractivity contribution in [1.29, 1.82) is 0 Å². The van der Waals surface area contributed by atoms with E-state index in [1.165, 1.54) is 23.3 Å². The van der Waals surface area contributed by atoms with Crippen LogP contribution in [0.5, 0.6) is 0 Å². The van der Waals surface area contributed by atoms with Gasteiger partial charge in [-0.05, 0) is 80.9 Å². The smallest absolute Gasteiger partial charge is 0.123 e. The molecule has 3 nitrogen and oxygen atoms in total. The maximum Gasteiger partial charge on any atom is 0.123 e. The molecule has 1 atom stereocenters. The summed E-state index contributed by atoms with van der Waals surface area (Å²) in [5.74, 6) is -0.221. The van der Waals surface area contributed by atoms with Gasteiger partial charge < -0.3 is 9.64 Å². The van der Waals surface area contributed by atoms with E-state index in [2.05, 4.69) is 42.2 Å². The quantitative estimate of drug-likeness (QED) is 0.689. The Kier molecular flexibility index (Phi) is 5.84. The Bertz CT molecular complexity index is 770. The number of ether oxygens (including phenoxy) is 1. The predicted octanol–water partition coefficient (Wildman–Crippen LogP) is 4.38. The number of aliphatic imine (C=N–C) groups is 1. The molecular weight excluding hydrogens is 327 g/mol. The van der Waals surface area contributed by atoms with Crippen LogP contribution in [0.15, 0.2) is 47.5 Å². The molecule has 0 spiro atoms. The van der Waals surface area contributed by atoms with E-state index in [0.717, 1.165) is 37.1 Å². The molecule has 26 heavy (non-hydrogen) atoms. The normalized spacial score (nSPS) is 19.4. The fourth-order valence-electron chi connectivity index (χ4n) is 3.64. The first-order valence-electron chi connectivity index (χ1n) is 9.23. The summed E-state index contributed by atoms with van der Waals surface area (Å²) in [5.41, 5.74) is 4.00. The van der Waals surface area contributed by atoms with E-state index in [0.29, 0.717) is 6.61 Å². The van der Waals surface area contributed by atoms with Gasteiger partial charge in [0.15, 0.2) is 0 Å². The monoisotopic (exact) mass is 354 g/mol. The van der Waals surface area contributed by atoms with Crippen LogP contribution in [0.2, 0.25) is 0 Å². The summed E-state index contributed by atoms with van der Waals surface area (Å²) in [6, 6.07) is 13.2. The summed E-state index contributed by atoms with van der Waals surface area (Å²) in [5, 5.41) is 0. The summed E-state index contributed by atoms with van der Waals surface area (Å²) in [6.45, 7) is 4.36. The molecule has 0 bridgehead atoms. The van der Waals surface area contributed by atoms with E-state index in [4.69, 9.17) is 4.74 Å². The maximum absolute atomic E-state index is 13.5. The molecule has 1 unspecified atom stereocenters. The molecule has 4 heteroatoms. The zero-order valence-corrected chi connectivity index (χ0v) is 15.8. The molecule has 1 aliphatic rings. The van der Waals surface area contributed by atoms with Crippen LogP contribution in [0.3, 0.4) is 0 Å². The van der Waals surface area contributed by atoms with Gasteiger partial charge in [-0.15, -0.1) is 0 Å². The van der Waals surface area contributed by atoms with Crippen molar-refractivity contribution in [2.45, 2.75) is 32.0 Å². The first kappa shape index (κ1) is 18.7. The highest BCUT2D eigenvalue weighted by Gasteiger charge is 2.41. The lowest BCUT2D eigenvalue weighted by Crippen LogP contribution is -2.28. The Morgan fingerprint density at radius 1 is 1.19 bits per heavy atom. The molecule has 138 valence electrons. The largest absolute Gasteiger partial charge is 0.361 e. The summed E-state index contributed by atoms with van der Waals surface area (Å²) in [7, 11) is 4.15. The highest BCUT2D eigenvalue weighted by Crippen LogP contribution is 2.45. The van der Waals surface area contributed by atoms with Gasteiger partial charge in [0.2, 0.25) is 0 Å². The summed E-state index contributed by atoms with van der Waals surface area (Å²) in [4.78, 5) is 6.51. The van der Waals surface area contributed by atoms with Gasteiger partial charge in [0, 0.05) is 12.8 Å². The summed E-state index contributed by atoms with van der Waals surface area (Å²) in [6.07, 6.45) is 3.78. The van der Waals surface area contributed by atoms with Crippen molar-refractivity contribution >= 4 is 6.21 Å². The predicted molar refractivity (Wildman–Crippen MR) is 104 cm³/mol. The molecule has 3 rings (SSSR count). The average molecular weight is 354 g/mol. The van der Waals surface area contributed by atoms with Crippen LogP contribution in [-0.4, -0.2) is 38.3 Å². The molecule has 2 aromatic carbocycles. The standard InChI is InChI=1S/C22H27FN2O/c1-4-24-15-17-6-11-21-18(14-17)16-26-22(21,12-5-13-25(2)3)19-7-9-20(23)10-8-19/h6-11,14-15H,4-5,12-13,16H2,1-3H3. The van der Waals surface area contributed by atoms with Crippen molar-refractivity contribution in [2.24, 2.45) is 4.99 Å². The van der Waals surface area contributed by atoms with E-state index >= 15 is 0 Å². The first-order chi connectivity index (χ1) is 12.5. The van der Waals surface area contributed by atoms with Crippen molar-refractivity contribution in [3.8, 4) is 0 Å². The van der Waals surface area contributed by atoms with E-state index < -0.39 is 5.60 Å². The number of nitrogens with zero attached hydrogens (tertiary/aromatic N) is 2. The Hall–Kier alpha value is -2.04. The maximum atomic E-state index is 13.5. The molecule has 0 radical (unpaired) electrons. The molecule has 0 aromatic heterocycles. The van der Waals surface area contributed by atoms with Crippen molar-refractivity contribution in [3.63, 3.8) is 0 Å². The second-order valence-electron chi connectivity index (χ2n) is 7.07. The van der Waals surface area contributed by atoms with Gasteiger partial charge in [-0.1, -0.05) is 24.3 Å². The van der Waals surface area contributed by atoms with Crippen LogP contribution >= 0.6 is 0 Å². The van der Waals surface area contributed by atoms with E-state index in [9.17, 15) is 4.39 Å². The number of hydrogen-bond donors (Lipinski definition) is 0. The van der Waals surface area contributed by atoms with E-state index in [1.807, 2.05) is 25.3 Å². The van der Waals surface area contributed by atoms with E-state index in [1.54, 1.807) is 0 Å². The Balaban J connectivity index is 1.98. The minimum atomic E-state index is -0.501. The molecule has 1 aliphatic heterocycles. The van der Waals surface area contributed by atoms with Gasteiger partial charge in [0.1, 0.15) is 11.4 Å². The summed E-state index contributed by atoms with van der Waals surface area (Å²) < 4.78 is 19.9. The van der Waals surface area contributed by atoms with Crippen molar-refractivity contribution in [3.05, 3.63) is 70.5 Å². The van der Waals surface area contributed by atoms with Crippen molar-refractivity contribution in [1.82, 2.24) is 4.90 Å². The number of hydrogen-bond acceptors (Lipinski definition) is 3. The minimum Gasteiger partial charge on any atom is -0.361 e. The first-order valence-corrected chi connectivity index (χ1v) is 9.23. The Morgan fingerprint density at radius 2 is 1.96 bits per heavy atom. The third-order valence-electron chi connectivity index (χ3n) is 4.91. The third kappa shape index (κ3) is 3.87. The van der Waals surface area contributed by atoms with Crippen LogP contribution in [0.4, 0.5) is 4.39 Å². The average Bonchev–Trinajstić information content (AvgIpc) is 2.99. The van der Waals surface area contributed by atoms with Gasteiger partial charge in [-0.2, -0.15) is 0 Å². The van der Waals surface area contributed by atoms with Crippen molar-refractivity contribution in [2.75, 3.05) is 27.2 Å². The lowest BCUT2D eigenvalue weighted by atomic mass is 9.81. The molecule has 0 N–H and O–H groups in total. The van der Waals surface area contributed by atoms with Crippen LogP contribution in [0.1, 0.15) is 42.0 Å². The molecule has 2 aromatic rings. The van der Waals surface area contributed by atoms with Crippen LogP contribution in [0.25, 0.3) is 0 Å². The van der Waals surface area contributed by atoms with Gasteiger partial charge in [-0.3, -0.25) is 4.99 Å². The Morgan fingerprint density at radius 3 is 2.65 bits per heavy atom. The molecular formula is C22H27FN2O. The minimum absolute atomic E-state index is 0.221.